The third-order valence-corrected chi connectivity index (χ3v) is 4.67. The highest BCUT2D eigenvalue weighted by atomic mass is 32.1. The summed E-state index contributed by atoms with van der Waals surface area (Å²) in [6, 6.07) is 0. The van der Waals surface area contributed by atoms with Crippen molar-refractivity contribution < 1.29 is 4.74 Å². The monoisotopic (exact) mass is 283 g/mol. The molecule has 1 aromatic rings. The normalized spacial score (nSPS) is 21.3. The van der Waals surface area contributed by atoms with E-state index in [1.165, 1.54) is 24.4 Å². The zero-order chi connectivity index (χ0) is 13.9. The number of rotatable bonds is 5. The van der Waals surface area contributed by atoms with Gasteiger partial charge in [-0.3, -0.25) is 0 Å². The van der Waals surface area contributed by atoms with E-state index in [0.717, 1.165) is 36.9 Å². The lowest BCUT2D eigenvalue weighted by molar-refractivity contribution is -0.0940. The van der Waals surface area contributed by atoms with Gasteiger partial charge in [-0.15, -0.1) is 0 Å². The summed E-state index contributed by atoms with van der Waals surface area (Å²) in [5.74, 6) is 0.880. The Morgan fingerprint density at radius 2 is 1.89 bits per heavy atom. The molecule has 1 aromatic heterocycles. The minimum absolute atomic E-state index is 0.256. The molecule has 0 radical (unpaired) electrons. The molecular weight excluding hydrogens is 258 g/mol. The molecule has 0 bridgehead atoms. The smallest absolute Gasteiger partial charge is 0.202 e. The molecule has 5 heteroatoms. The molecule has 1 N–H and O–H groups in total. The third-order valence-electron chi connectivity index (χ3n) is 3.99. The van der Waals surface area contributed by atoms with Crippen molar-refractivity contribution in [3.05, 3.63) is 5.82 Å². The van der Waals surface area contributed by atoms with Crippen LogP contribution in [0.15, 0.2) is 0 Å². The molecule has 0 saturated heterocycles. The van der Waals surface area contributed by atoms with E-state index in [1.54, 1.807) is 0 Å². The highest BCUT2D eigenvalue weighted by molar-refractivity contribution is 7.09. The minimum atomic E-state index is -0.256. The molecule has 19 heavy (non-hydrogen) atoms. The molecule has 0 aromatic carbocycles. The topological polar surface area (TPSA) is 47.0 Å². The Morgan fingerprint density at radius 1 is 1.21 bits per heavy atom. The highest BCUT2D eigenvalue weighted by Gasteiger charge is 2.43. The number of hydrogen-bond acceptors (Lipinski definition) is 5. The summed E-state index contributed by atoms with van der Waals surface area (Å²) < 4.78 is 10.6. The summed E-state index contributed by atoms with van der Waals surface area (Å²) in [6.07, 6.45) is 4.39. The van der Waals surface area contributed by atoms with Gasteiger partial charge in [-0.1, -0.05) is 13.8 Å². The molecule has 0 atom stereocenters. The predicted molar refractivity (Wildman–Crippen MR) is 79.6 cm³/mol. The van der Waals surface area contributed by atoms with Gasteiger partial charge in [0, 0.05) is 24.7 Å². The number of ether oxygens (including phenoxy) is 1. The number of hydrogen-bond donors (Lipinski definition) is 1. The van der Waals surface area contributed by atoms with Gasteiger partial charge in [-0.05, 0) is 44.9 Å². The molecular formula is C14H25N3OS. The molecule has 1 saturated carbocycles. The molecule has 0 amide bonds. The van der Waals surface area contributed by atoms with Gasteiger partial charge in [-0.25, -0.2) is 4.98 Å². The van der Waals surface area contributed by atoms with E-state index in [-0.39, 0.29) is 5.60 Å². The molecule has 0 unspecified atom stereocenters. The van der Waals surface area contributed by atoms with E-state index in [9.17, 15) is 0 Å². The zero-order valence-electron chi connectivity index (χ0n) is 12.5. The lowest BCUT2D eigenvalue weighted by Gasteiger charge is -2.41. The van der Waals surface area contributed by atoms with Crippen molar-refractivity contribution >= 4 is 16.7 Å². The van der Waals surface area contributed by atoms with Crippen LogP contribution in [0.3, 0.4) is 0 Å². The summed E-state index contributed by atoms with van der Waals surface area (Å²) >= 11 is 1.44. The van der Waals surface area contributed by atoms with Crippen LogP contribution in [0.5, 0.6) is 0 Å². The van der Waals surface area contributed by atoms with Crippen molar-refractivity contribution in [3.8, 4) is 0 Å². The van der Waals surface area contributed by atoms with E-state index in [2.05, 4.69) is 42.4 Å². The zero-order valence-corrected chi connectivity index (χ0v) is 13.3. The van der Waals surface area contributed by atoms with Crippen LogP contribution in [0.25, 0.3) is 0 Å². The standard InChI is InChI=1S/C14H25N3OS/c1-5-15-12-16-11(17-19-12)14(18-6-2)9-7-13(3,4)8-10-14/h5-10H2,1-4H3,(H,15,16,17). The van der Waals surface area contributed by atoms with Gasteiger partial charge in [-0.2, -0.15) is 4.37 Å². The molecule has 4 nitrogen and oxygen atoms in total. The molecule has 1 aliphatic rings. The summed E-state index contributed by atoms with van der Waals surface area (Å²) in [4.78, 5) is 4.63. The summed E-state index contributed by atoms with van der Waals surface area (Å²) in [5.41, 5.74) is 0.162. The van der Waals surface area contributed by atoms with Gasteiger partial charge < -0.3 is 10.1 Å². The van der Waals surface area contributed by atoms with E-state index < -0.39 is 0 Å². The van der Waals surface area contributed by atoms with Crippen LogP contribution in [0.2, 0.25) is 0 Å². The van der Waals surface area contributed by atoms with Gasteiger partial charge >= 0.3 is 0 Å². The van der Waals surface area contributed by atoms with E-state index in [1.807, 2.05) is 0 Å². The SMILES string of the molecule is CCNc1nc(C2(OCC)CCC(C)(C)CC2)ns1. The molecule has 0 aliphatic heterocycles. The van der Waals surface area contributed by atoms with Gasteiger partial charge in [0.25, 0.3) is 0 Å². The quantitative estimate of drug-likeness (QED) is 0.893. The van der Waals surface area contributed by atoms with Crippen LogP contribution in [0.4, 0.5) is 5.13 Å². The Bertz CT molecular complexity index is 407. The molecule has 0 spiro atoms. The fraction of sp³-hybridized carbons (Fsp3) is 0.857. The first kappa shape index (κ1) is 14.7. The first-order chi connectivity index (χ1) is 9.01. The lowest BCUT2D eigenvalue weighted by Crippen LogP contribution is -2.38. The maximum atomic E-state index is 6.10. The van der Waals surface area contributed by atoms with Crippen molar-refractivity contribution in [3.63, 3.8) is 0 Å². The Labute approximate surface area is 120 Å². The maximum Gasteiger partial charge on any atom is 0.202 e. The lowest BCUT2D eigenvalue weighted by atomic mass is 9.70. The van der Waals surface area contributed by atoms with Crippen LogP contribution in [-0.4, -0.2) is 22.5 Å². The summed E-state index contributed by atoms with van der Waals surface area (Å²) in [5, 5.41) is 4.14. The highest BCUT2D eigenvalue weighted by Crippen LogP contribution is 2.46. The minimum Gasteiger partial charge on any atom is -0.367 e. The van der Waals surface area contributed by atoms with Crippen molar-refractivity contribution in [1.29, 1.82) is 0 Å². The first-order valence-corrected chi connectivity index (χ1v) is 8.01. The van der Waals surface area contributed by atoms with E-state index >= 15 is 0 Å². The summed E-state index contributed by atoms with van der Waals surface area (Å²) in [6.45, 7) is 10.4. The van der Waals surface area contributed by atoms with E-state index in [4.69, 9.17) is 4.74 Å². The number of nitrogens with one attached hydrogen (secondary N) is 1. The van der Waals surface area contributed by atoms with Gasteiger partial charge in [0.1, 0.15) is 5.60 Å². The van der Waals surface area contributed by atoms with E-state index in [0.29, 0.717) is 5.41 Å². The fourth-order valence-corrected chi connectivity index (χ4v) is 3.39. The average Bonchev–Trinajstić information content (AvgIpc) is 2.82. The fourth-order valence-electron chi connectivity index (χ4n) is 2.67. The van der Waals surface area contributed by atoms with Gasteiger partial charge in [0.2, 0.25) is 5.13 Å². The third kappa shape index (κ3) is 3.26. The number of nitrogens with zero attached hydrogens (tertiary/aromatic N) is 2. The largest absolute Gasteiger partial charge is 0.367 e. The second kappa shape index (κ2) is 5.75. The van der Waals surface area contributed by atoms with Crippen LogP contribution < -0.4 is 5.32 Å². The Balaban J connectivity index is 2.19. The number of anilines is 1. The second-order valence-electron chi connectivity index (χ2n) is 6.04. The van der Waals surface area contributed by atoms with Crippen LogP contribution in [-0.2, 0) is 10.3 Å². The Morgan fingerprint density at radius 3 is 2.47 bits per heavy atom. The van der Waals surface area contributed by atoms with Crippen LogP contribution >= 0.6 is 11.5 Å². The molecule has 108 valence electrons. The Kier molecular flexibility index (Phi) is 4.46. The summed E-state index contributed by atoms with van der Waals surface area (Å²) in [7, 11) is 0. The molecule has 1 fully saturated rings. The predicted octanol–water partition coefficient (Wildman–Crippen LogP) is 3.80. The molecule has 2 rings (SSSR count). The van der Waals surface area contributed by atoms with Crippen LogP contribution in [0, 0.1) is 5.41 Å². The average molecular weight is 283 g/mol. The van der Waals surface area contributed by atoms with Gasteiger partial charge in [0.05, 0.1) is 0 Å². The first-order valence-electron chi connectivity index (χ1n) is 7.23. The second-order valence-corrected chi connectivity index (χ2v) is 6.80. The maximum absolute atomic E-state index is 6.10. The number of aromatic nitrogens is 2. The molecule has 1 aliphatic carbocycles. The van der Waals surface area contributed by atoms with Crippen molar-refractivity contribution in [2.75, 3.05) is 18.5 Å². The molecule has 1 heterocycles. The van der Waals surface area contributed by atoms with Gasteiger partial charge in [0.15, 0.2) is 5.82 Å². The van der Waals surface area contributed by atoms with Crippen molar-refractivity contribution in [2.24, 2.45) is 5.41 Å². The van der Waals surface area contributed by atoms with Crippen molar-refractivity contribution in [2.45, 2.75) is 59.0 Å². The van der Waals surface area contributed by atoms with Crippen molar-refractivity contribution in [1.82, 2.24) is 9.36 Å². The Hall–Kier alpha value is -0.680. The van der Waals surface area contributed by atoms with Crippen LogP contribution in [0.1, 0.15) is 59.2 Å².